The van der Waals surface area contributed by atoms with E-state index in [0.717, 1.165) is 18.7 Å². The molecule has 1 aliphatic heterocycles. The first kappa shape index (κ1) is 10.4. The number of rotatable bonds is 3. The Morgan fingerprint density at radius 3 is 3.27 bits per heavy atom. The number of fused-ring (bicyclic) bond motifs is 1. The first-order valence-electron chi connectivity index (χ1n) is 4.95. The van der Waals surface area contributed by atoms with E-state index in [1.165, 1.54) is 23.0 Å². The Morgan fingerprint density at radius 2 is 2.47 bits per heavy atom. The van der Waals surface area contributed by atoms with Gasteiger partial charge < -0.3 is 10.6 Å². The van der Waals surface area contributed by atoms with Gasteiger partial charge in [0.15, 0.2) is 0 Å². The van der Waals surface area contributed by atoms with Crippen LogP contribution in [-0.2, 0) is 11.2 Å². The van der Waals surface area contributed by atoms with Crippen molar-refractivity contribution in [1.29, 1.82) is 0 Å². The van der Waals surface area contributed by atoms with Crippen LogP contribution in [0.25, 0.3) is 0 Å². The number of carbonyl (C=O) groups excluding carboxylic acids is 1. The SMILES string of the molecule is CSCC(=O)Nc1ccc2c(c1)CCN2. The minimum atomic E-state index is 0.0633. The Labute approximate surface area is 93.6 Å². The summed E-state index contributed by atoms with van der Waals surface area (Å²) in [5, 5.41) is 6.17. The molecule has 3 nitrogen and oxygen atoms in total. The van der Waals surface area contributed by atoms with Gasteiger partial charge in [0.2, 0.25) is 5.91 Å². The molecule has 2 N–H and O–H groups in total. The van der Waals surface area contributed by atoms with E-state index in [9.17, 15) is 4.79 Å². The second-order valence-corrected chi connectivity index (χ2v) is 4.40. The first-order chi connectivity index (χ1) is 7.29. The van der Waals surface area contributed by atoms with Crippen LogP contribution in [0.2, 0.25) is 0 Å². The zero-order valence-corrected chi connectivity index (χ0v) is 9.49. The van der Waals surface area contributed by atoms with Gasteiger partial charge in [-0.2, -0.15) is 11.8 Å². The third kappa shape index (κ3) is 2.45. The van der Waals surface area contributed by atoms with E-state index in [0.29, 0.717) is 5.75 Å². The van der Waals surface area contributed by atoms with Crippen LogP contribution in [-0.4, -0.2) is 24.5 Å². The van der Waals surface area contributed by atoms with E-state index >= 15 is 0 Å². The summed E-state index contributed by atoms with van der Waals surface area (Å²) in [6.07, 6.45) is 2.97. The zero-order chi connectivity index (χ0) is 10.7. The lowest BCUT2D eigenvalue weighted by Gasteiger charge is -2.06. The molecule has 0 aliphatic carbocycles. The van der Waals surface area contributed by atoms with E-state index in [2.05, 4.69) is 10.6 Å². The maximum atomic E-state index is 11.4. The van der Waals surface area contributed by atoms with E-state index < -0.39 is 0 Å². The highest BCUT2D eigenvalue weighted by atomic mass is 32.2. The van der Waals surface area contributed by atoms with E-state index in [1.807, 2.05) is 24.5 Å². The summed E-state index contributed by atoms with van der Waals surface area (Å²) >= 11 is 1.53. The number of nitrogens with one attached hydrogen (secondary N) is 2. The molecule has 0 unspecified atom stereocenters. The monoisotopic (exact) mass is 222 g/mol. The molecule has 0 aromatic heterocycles. The topological polar surface area (TPSA) is 41.1 Å². The van der Waals surface area contributed by atoms with Gasteiger partial charge in [-0.3, -0.25) is 4.79 Å². The molecule has 1 aliphatic rings. The smallest absolute Gasteiger partial charge is 0.234 e. The van der Waals surface area contributed by atoms with Crippen LogP contribution in [0.15, 0.2) is 18.2 Å². The number of hydrogen-bond donors (Lipinski definition) is 2. The van der Waals surface area contributed by atoms with Crippen LogP contribution in [0.1, 0.15) is 5.56 Å². The molecule has 1 aromatic carbocycles. The van der Waals surface area contributed by atoms with Crippen molar-refractivity contribution in [2.24, 2.45) is 0 Å². The molecule has 0 saturated heterocycles. The highest BCUT2D eigenvalue weighted by Crippen LogP contribution is 2.25. The molecule has 0 radical (unpaired) electrons. The Hall–Kier alpha value is -1.16. The fourth-order valence-corrected chi connectivity index (χ4v) is 2.05. The number of thioether (sulfide) groups is 1. The number of benzene rings is 1. The molecule has 1 amide bonds. The lowest BCUT2D eigenvalue weighted by Crippen LogP contribution is -2.13. The molecule has 2 rings (SSSR count). The van der Waals surface area contributed by atoms with Crippen LogP contribution < -0.4 is 10.6 Å². The summed E-state index contributed by atoms with van der Waals surface area (Å²) in [7, 11) is 0. The summed E-state index contributed by atoms with van der Waals surface area (Å²) < 4.78 is 0. The van der Waals surface area contributed by atoms with Gasteiger partial charge in [0.05, 0.1) is 5.75 Å². The summed E-state index contributed by atoms with van der Waals surface area (Å²) in [5.41, 5.74) is 3.38. The van der Waals surface area contributed by atoms with Crippen molar-refractivity contribution in [2.45, 2.75) is 6.42 Å². The van der Waals surface area contributed by atoms with Crippen molar-refractivity contribution in [3.8, 4) is 0 Å². The van der Waals surface area contributed by atoms with Crippen molar-refractivity contribution >= 4 is 29.0 Å². The van der Waals surface area contributed by atoms with Gasteiger partial charge in [0.25, 0.3) is 0 Å². The van der Waals surface area contributed by atoms with E-state index in [1.54, 1.807) is 0 Å². The van der Waals surface area contributed by atoms with E-state index in [4.69, 9.17) is 0 Å². The van der Waals surface area contributed by atoms with Crippen molar-refractivity contribution < 1.29 is 4.79 Å². The number of anilines is 2. The van der Waals surface area contributed by atoms with Crippen molar-refractivity contribution in [3.05, 3.63) is 23.8 Å². The molecule has 0 atom stereocenters. The fourth-order valence-electron chi connectivity index (χ4n) is 1.71. The average Bonchev–Trinajstić information content (AvgIpc) is 2.65. The predicted octanol–water partition coefficient (Wildman–Crippen LogP) is 1.96. The molecule has 0 spiro atoms. The molecule has 1 aromatic rings. The quantitative estimate of drug-likeness (QED) is 0.821. The van der Waals surface area contributed by atoms with Gasteiger partial charge in [-0.15, -0.1) is 0 Å². The van der Waals surface area contributed by atoms with Crippen LogP contribution in [0, 0.1) is 0 Å². The Balaban J connectivity index is 2.06. The third-order valence-corrected chi connectivity index (χ3v) is 2.93. The number of hydrogen-bond acceptors (Lipinski definition) is 3. The molecular weight excluding hydrogens is 208 g/mol. The predicted molar refractivity (Wildman–Crippen MR) is 65.6 cm³/mol. The summed E-state index contributed by atoms with van der Waals surface area (Å²) in [6.45, 7) is 0.998. The van der Waals surface area contributed by atoms with Crippen molar-refractivity contribution in [3.63, 3.8) is 0 Å². The van der Waals surface area contributed by atoms with Crippen LogP contribution in [0.4, 0.5) is 11.4 Å². The number of carbonyl (C=O) groups is 1. The summed E-state index contributed by atoms with van der Waals surface area (Å²) in [4.78, 5) is 11.4. The average molecular weight is 222 g/mol. The van der Waals surface area contributed by atoms with Crippen molar-refractivity contribution in [1.82, 2.24) is 0 Å². The molecule has 0 saturated carbocycles. The Bertz CT molecular complexity index is 379. The van der Waals surface area contributed by atoms with Gasteiger partial charge in [-0.1, -0.05) is 0 Å². The molecule has 4 heteroatoms. The van der Waals surface area contributed by atoms with Crippen LogP contribution in [0.3, 0.4) is 0 Å². The minimum Gasteiger partial charge on any atom is -0.384 e. The number of amides is 1. The van der Waals surface area contributed by atoms with Gasteiger partial charge >= 0.3 is 0 Å². The molecule has 80 valence electrons. The third-order valence-electron chi connectivity index (χ3n) is 2.37. The second-order valence-electron chi connectivity index (χ2n) is 3.53. The Kier molecular flexibility index (Phi) is 3.16. The standard InChI is InChI=1S/C11H14N2OS/c1-15-7-11(14)13-9-2-3-10-8(6-9)4-5-12-10/h2-3,6,12H,4-5,7H2,1H3,(H,13,14). The molecule has 0 fully saturated rings. The lowest BCUT2D eigenvalue weighted by molar-refractivity contribution is -0.113. The van der Waals surface area contributed by atoms with Gasteiger partial charge in [0, 0.05) is 17.9 Å². The first-order valence-corrected chi connectivity index (χ1v) is 6.34. The van der Waals surface area contributed by atoms with Gasteiger partial charge in [-0.05, 0) is 36.4 Å². The van der Waals surface area contributed by atoms with Gasteiger partial charge in [-0.25, -0.2) is 0 Å². The maximum absolute atomic E-state index is 11.4. The highest BCUT2D eigenvalue weighted by molar-refractivity contribution is 7.99. The molecule has 15 heavy (non-hydrogen) atoms. The largest absolute Gasteiger partial charge is 0.384 e. The Morgan fingerprint density at radius 1 is 1.60 bits per heavy atom. The van der Waals surface area contributed by atoms with Crippen LogP contribution in [0.5, 0.6) is 0 Å². The van der Waals surface area contributed by atoms with E-state index in [-0.39, 0.29) is 5.91 Å². The van der Waals surface area contributed by atoms with Gasteiger partial charge in [0.1, 0.15) is 0 Å². The molecule has 1 heterocycles. The molecule has 0 bridgehead atoms. The minimum absolute atomic E-state index is 0.0633. The summed E-state index contributed by atoms with van der Waals surface area (Å²) in [5.74, 6) is 0.573. The van der Waals surface area contributed by atoms with Crippen molar-refractivity contribution in [2.75, 3.05) is 29.2 Å². The second kappa shape index (κ2) is 4.57. The fraction of sp³-hybridized carbons (Fsp3) is 0.364. The maximum Gasteiger partial charge on any atom is 0.234 e. The normalized spacial score (nSPS) is 13.1. The summed E-state index contributed by atoms with van der Waals surface area (Å²) in [6, 6.07) is 6.01. The molecular formula is C11H14N2OS. The lowest BCUT2D eigenvalue weighted by atomic mass is 10.1. The highest BCUT2D eigenvalue weighted by Gasteiger charge is 2.10. The van der Waals surface area contributed by atoms with Crippen LogP contribution >= 0.6 is 11.8 Å². The zero-order valence-electron chi connectivity index (χ0n) is 8.67.